The molecular weight excluding hydrogens is 404 g/mol. The quantitative estimate of drug-likeness (QED) is 0.556. The molecule has 0 amide bonds. The number of fused-ring (bicyclic) bond motifs is 1. The summed E-state index contributed by atoms with van der Waals surface area (Å²) >= 11 is 7.91. The van der Waals surface area contributed by atoms with Crippen LogP contribution in [-0.4, -0.2) is 40.5 Å². The SMILES string of the molecule is CN1CCC(Cn2c(CCCl)nc3cc(I)c(F)cc32)C1. The minimum atomic E-state index is -0.176. The Balaban J connectivity index is 2.00. The van der Waals surface area contributed by atoms with Gasteiger partial charge < -0.3 is 9.47 Å². The van der Waals surface area contributed by atoms with Gasteiger partial charge in [-0.25, -0.2) is 9.37 Å². The van der Waals surface area contributed by atoms with Gasteiger partial charge in [-0.15, -0.1) is 11.6 Å². The molecule has 1 aliphatic rings. The van der Waals surface area contributed by atoms with Crippen LogP contribution in [0.3, 0.4) is 0 Å². The van der Waals surface area contributed by atoms with E-state index in [0.29, 0.717) is 15.4 Å². The predicted molar refractivity (Wildman–Crippen MR) is 92.4 cm³/mol. The van der Waals surface area contributed by atoms with Gasteiger partial charge in [-0.3, -0.25) is 0 Å². The molecule has 1 fully saturated rings. The highest BCUT2D eigenvalue weighted by Gasteiger charge is 2.22. The van der Waals surface area contributed by atoms with E-state index < -0.39 is 0 Å². The van der Waals surface area contributed by atoms with E-state index in [0.717, 1.165) is 42.9 Å². The lowest BCUT2D eigenvalue weighted by atomic mass is 10.1. The van der Waals surface area contributed by atoms with Crippen LogP contribution in [0.15, 0.2) is 12.1 Å². The summed E-state index contributed by atoms with van der Waals surface area (Å²) in [5.74, 6) is 1.93. The van der Waals surface area contributed by atoms with Gasteiger partial charge in [0.25, 0.3) is 0 Å². The monoisotopic (exact) mass is 421 g/mol. The first-order valence-electron chi connectivity index (χ1n) is 7.17. The molecule has 3 nitrogen and oxygen atoms in total. The minimum Gasteiger partial charge on any atom is -0.328 e. The molecular formula is C15H18ClFIN3. The maximum absolute atomic E-state index is 13.9. The molecule has 1 aromatic heterocycles. The van der Waals surface area contributed by atoms with Crippen LogP contribution in [0.25, 0.3) is 11.0 Å². The average Bonchev–Trinajstić information content (AvgIpc) is 2.97. The summed E-state index contributed by atoms with van der Waals surface area (Å²) in [6.45, 7) is 3.12. The van der Waals surface area contributed by atoms with Gasteiger partial charge in [0, 0.05) is 31.5 Å². The lowest BCUT2D eigenvalue weighted by molar-refractivity contribution is 0.378. The number of aryl methyl sites for hydroxylation is 1. The summed E-state index contributed by atoms with van der Waals surface area (Å²) in [6, 6.07) is 3.43. The van der Waals surface area contributed by atoms with Gasteiger partial charge in [-0.1, -0.05) is 0 Å². The van der Waals surface area contributed by atoms with Crippen LogP contribution in [0, 0.1) is 15.3 Å². The largest absolute Gasteiger partial charge is 0.328 e. The third-order valence-corrected chi connectivity index (χ3v) is 5.13. The van der Waals surface area contributed by atoms with E-state index in [2.05, 4.69) is 21.5 Å². The highest BCUT2D eigenvalue weighted by Crippen LogP contribution is 2.25. The van der Waals surface area contributed by atoms with Gasteiger partial charge in [0.1, 0.15) is 11.6 Å². The van der Waals surface area contributed by atoms with Gasteiger partial charge in [-0.05, 0) is 54.6 Å². The summed E-state index contributed by atoms with van der Waals surface area (Å²) in [7, 11) is 2.15. The minimum absolute atomic E-state index is 0.176. The Kier molecular flexibility index (Phi) is 4.71. The molecule has 1 saturated heterocycles. The van der Waals surface area contributed by atoms with Crippen molar-refractivity contribution < 1.29 is 4.39 Å². The number of rotatable bonds is 4. The smallest absolute Gasteiger partial charge is 0.138 e. The van der Waals surface area contributed by atoms with Crippen molar-refractivity contribution in [3.05, 3.63) is 27.3 Å². The molecule has 3 rings (SSSR count). The number of halogens is 3. The molecule has 0 aliphatic carbocycles. The van der Waals surface area contributed by atoms with E-state index in [1.807, 2.05) is 28.7 Å². The lowest BCUT2D eigenvalue weighted by Crippen LogP contribution is -2.18. The molecule has 2 aromatic rings. The van der Waals surface area contributed by atoms with E-state index >= 15 is 0 Å². The van der Waals surface area contributed by atoms with Crippen molar-refractivity contribution in [2.75, 3.05) is 26.0 Å². The average molecular weight is 422 g/mol. The van der Waals surface area contributed by atoms with E-state index in [-0.39, 0.29) is 5.82 Å². The number of likely N-dealkylation sites (tertiary alicyclic amines) is 1. The maximum Gasteiger partial charge on any atom is 0.138 e. The first-order valence-corrected chi connectivity index (χ1v) is 8.78. The van der Waals surface area contributed by atoms with Crippen molar-refractivity contribution in [1.82, 2.24) is 14.5 Å². The molecule has 0 saturated carbocycles. The van der Waals surface area contributed by atoms with E-state index in [9.17, 15) is 4.39 Å². The summed E-state index contributed by atoms with van der Waals surface area (Å²) < 4.78 is 16.7. The zero-order valence-corrected chi connectivity index (χ0v) is 14.9. The Hall–Kier alpha value is -0.400. The summed E-state index contributed by atoms with van der Waals surface area (Å²) in [5, 5.41) is 0. The molecule has 0 N–H and O–H groups in total. The first-order chi connectivity index (χ1) is 10.1. The van der Waals surface area contributed by atoms with Crippen molar-refractivity contribution in [3.8, 4) is 0 Å². The molecule has 6 heteroatoms. The number of benzene rings is 1. The number of alkyl halides is 1. The van der Waals surface area contributed by atoms with Crippen LogP contribution < -0.4 is 0 Å². The topological polar surface area (TPSA) is 21.1 Å². The van der Waals surface area contributed by atoms with Gasteiger partial charge in [0.15, 0.2) is 0 Å². The maximum atomic E-state index is 13.9. The summed E-state index contributed by atoms with van der Waals surface area (Å²) in [4.78, 5) is 7.00. The van der Waals surface area contributed by atoms with Crippen molar-refractivity contribution >= 4 is 45.2 Å². The van der Waals surface area contributed by atoms with Gasteiger partial charge in [-0.2, -0.15) is 0 Å². The van der Waals surface area contributed by atoms with Crippen molar-refractivity contribution in [2.24, 2.45) is 5.92 Å². The van der Waals surface area contributed by atoms with Crippen LogP contribution in [0.2, 0.25) is 0 Å². The van der Waals surface area contributed by atoms with Crippen LogP contribution in [0.5, 0.6) is 0 Å². The fourth-order valence-electron chi connectivity index (χ4n) is 3.08. The Morgan fingerprint density at radius 2 is 2.29 bits per heavy atom. The number of aromatic nitrogens is 2. The normalized spacial score (nSPS) is 19.7. The number of hydrogen-bond donors (Lipinski definition) is 0. The van der Waals surface area contributed by atoms with Gasteiger partial charge in [0.2, 0.25) is 0 Å². The zero-order chi connectivity index (χ0) is 15.0. The Labute approximate surface area is 142 Å². The first kappa shape index (κ1) is 15.5. The number of hydrogen-bond acceptors (Lipinski definition) is 2. The molecule has 1 atom stereocenters. The second-order valence-electron chi connectivity index (χ2n) is 5.75. The Bertz CT molecular complexity index is 658. The molecule has 21 heavy (non-hydrogen) atoms. The Morgan fingerprint density at radius 3 is 2.95 bits per heavy atom. The lowest BCUT2D eigenvalue weighted by Gasteiger charge is -2.14. The van der Waals surface area contributed by atoms with E-state index in [1.54, 1.807) is 6.07 Å². The van der Waals surface area contributed by atoms with E-state index in [4.69, 9.17) is 11.6 Å². The molecule has 0 bridgehead atoms. The summed E-state index contributed by atoms with van der Waals surface area (Å²) in [5.41, 5.74) is 1.76. The fourth-order valence-corrected chi connectivity index (χ4v) is 3.70. The van der Waals surface area contributed by atoms with Gasteiger partial charge >= 0.3 is 0 Å². The van der Waals surface area contributed by atoms with Crippen LogP contribution >= 0.6 is 34.2 Å². The molecule has 1 unspecified atom stereocenters. The van der Waals surface area contributed by atoms with Crippen molar-refractivity contribution in [3.63, 3.8) is 0 Å². The standard InChI is InChI=1S/C15H18ClFIN3/c1-20-5-3-10(8-20)9-21-14-6-11(17)12(18)7-13(14)19-15(21)2-4-16/h6-7,10H,2-5,8-9H2,1H3. The number of imidazole rings is 1. The molecule has 0 spiro atoms. The predicted octanol–water partition coefficient (Wildman–Crippen LogP) is 3.51. The number of nitrogens with zero attached hydrogens (tertiary/aromatic N) is 3. The highest BCUT2D eigenvalue weighted by molar-refractivity contribution is 14.1. The third kappa shape index (κ3) is 3.19. The Morgan fingerprint density at radius 1 is 1.48 bits per heavy atom. The molecule has 1 aliphatic heterocycles. The molecule has 114 valence electrons. The van der Waals surface area contributed by atoms with Crippen LogP contribution in [0.4, 0.5) is 4.39 Å². The third-order valence-electron chi connectivity index (χ3n) is 4.12. The summed E-state index contributed by atoms with van der Waals surface area (Å²) in [6.07, 6.45) is 1.90. The zero-order valence-electron chi connectivity index (χ0n) is 12.0. The molecule has 0 radical (unpaired) electrons. The van der Waals surface area contributed by atoms with Crippen molar-refractivity contribution in [1.29, 1.82) is 0 Å². The fraction of sp³-hybridized carbons (Fsp3) is 0.533. The van der Waals surface area contributed by atoms with Crippen molar-refractivity contribution in [2.45, 2.75) is 19.4 Å². The van der Waals surface area contributed by atoms with Crippen LogP contribution in [0.1, 0.15) is 12.2 Å². The second-order valence-corrected chi connectivity index (χ2v) is 7.29. The van der Waals surface area contributed by atoms with Crippen LogP contribution in [-0.2, 0) is 13.0 Å². The molecule has 2 heterocycles. The van der Waals surface area contributed by atoms with E-state index in [1.165, 1.54) is 6.42 Å². The molecule has 1 aromatic carbocycles. The highest BCUT2D eigenvalue weighted by atomic mass is 127. The van der Waals surface area contributed by atoms with Gasteiger partial charge in [0.05, 0.1) is 14.6 Å². The second kappa shape index (κ2) is 6.38.